The summed E-state index contributed by atoms with van der Waals surface area (Å²) in [4.78, 5) is 20.5. The zero-order valence-electron chi connectivity index (χ0n) is 17.5. The van der Waals surface area contributed by atoms with Gasteiger partial charge in [0.15, 0.2) is 0 Å². The van der Waals surface area contributed by atoms with Gasteiger partial charge in [-0.05, 0) is 56.4 Å². The van der Waals surface area contributed by atoms with Crippen molar-refractivity contribution in [3.63, 3.8) is 0 Å². The van der Waals surface area contributed by atoms with Gasteiger partial charge in [-0.1, -0.05) is 60.7 Å². The Kier molecular flexibility index (Phi) is 6.63. The first-order valence-corrected chi connectivity index (χ1v) is 11.0. The average Bonchev–Trinajstić information content (AvgIpc) is 3.44. The van der Waals surface area contributed by atoms with E-state index in [1.54, 1.807) is 0 Å². The highest BCUT2D eigenvalue weighted by Crippen LogP contribution is 2.27. The minimum Gasteiger partial charge on any atom is -0.336 e. The molecule has 2 heterocycles. The van der Waals surface area contributed by atoms with Crippen LogP contribution >= 0.6 is 0 Å². The minimum atomic E-state index is -0.00926. The lowest BCUT2D eigenvalue weighted by molar-refractivity contribution is -0.137. The van der Waals surface area contributed by atoms with E-state index in [0.717, 1.165) is 45.6 Å². The fraction of sp³-hybridized carbons (Fsp3) is 0.480. The number of hydrogen-bond acceptors (Lipinski definition) is 3. The molecule has 29 heavy (non-hydrogen) atoms. The van der Waals surface area contributed by atoms with E-state index in [0.29, 0.717) is 0 Å². The molecule has 0 N–H and O–H groups in total. The summed E-state index contributed by atoms with van der Waals surface area (Å²) >= 11 is 0. The molecule has 2 aliphatic rings. The molecule has 4 rings (SSSR count). The first kappa shape index (κ1) is 20.1. The average molecular weight is 392 g/mol. The number of carbonyl (C=O) groups excluding carboxylic acids is 1. The molecule has 2 aromatic carbocycles. The molecule has 2 aliphatic heterocycles. The van der Waals surface area contributed by atoms with Crippen molar-refractivity contribution in [1.82, 2.24) is 14.7 Å². The number of nitrogens with zero attached hydrogens (tertiary/aromatic N) is 3. The standard InChI is InChI=1S/C25H33N3O/c1-26(24(20-27-16-8-9-17-27)22-13-6-3-7-14-22)25(29)23-15-10-18-28(23)19-21-11-4-2-5-12-21/h2-7,11-14,23-24H,8-10,15-20H2,1H3/t23?,24-/m0/s1. The van der Waals surface area contributed by atoms with Crippen LogP contribution in [0.4, 0.5) is 0 Å². The molecule has 0 aliphatic carbocycles. The second-order valence-corrected chi connectivity index (χ2v) is 8.50. The monoisotopic (exact) mass is 391 g/mol. The third-order valence-corrected chi connectivity index (χ3v) is 6.51. The number of benzene rings is 2. The molecule has 2 atom stereocenters. The summed E-state index contributed by atoms with van der Waals surface area (Å²) in [6.45, 7) is 5.08. The SMILES string of the molecule is CN(C(=O)C1CCCN1Cc1ccccc1)[C@@H](CN1CCCC1)c1ccccc1. The van der Waals surface area contributed by atoms with E-state index in [1.165, 1.54) is 24.0 Å². The Morgan fingerprint density at radius 3 is 2.31 bits per heavy atom. The van der Waals surface area contributed by atoms with Gasteiger partial charge >= 0.3 is 0 Å². The van der Waals surface area contributed by atoms with Crippen LogP contribution in [0.1, 0.15) is 42.9 Å². The molecule has 1 unspecified atom stereocenters. The molecule has 2 aromatic rings. The number of amides is 1. The Labute approximate surface area is 175 Å². The van der Waals surface area contributed by atoms with Gasteiger partial charge in [-0.3, -0.25) is 9.69 Å². The summed E-state index contributed by atoms with van der Waals surface area (Å²) in [5, 5.41) is 0. The van der Waals surface area contributed by atoms with Gasteiger partial charge in [0.25, 0.3) is 0 Å². The van der Waals surface area contributed by atoms with Crippen molar-refractivity contribution in [3.05, 3.63) is 71.8 Å². The normalized spacial score (nSPS) is 21.3. The van der Waals surface area contributed by atoms with Crippen molar-refractivity contribution in [1.29, 1.82) is 0 Å². The zero-order valence-corrected chi connectivity index (χ0v) is 17.5. The lowest BCUT2D eigenvalue weighted by Crippen LogP contribution is -2.47. The number of likely N-dealkylation sites (N-methyl/N-ethyl adjacent to an activating group) is 1. The van der Waals surface area contributed by atoms with Gasteiger partial charge in [-0.15, -0.1) is 0 Å². The van der Waals surface area contributed by atoms with Gasteiger partial charge < -0.3 is 9.80 Å². The highest BCUT2D eigenvalue weighted by atomic mass is 16.2. The number of likely N-dealkylation sites (tertiary alicyclic amines) is 2. The quantitative estimate of drug-likeness (QED) is 0.715. The molecule has 0 saturated carbocycles. The zero-order chi connectivity index (χ0) is 20.1. The lowest BCUT2D eigenvalue weighted by atomic mass is 10.0. The van der Waals surface area contributed by atoms with Crippen LogP contribution in [0.2, 0.25) is 0 Å². The summed E-state index contributed by atoms with van der Waals surface area (Å²) in [6.07, 6.45) is 4.60. The predicted molar refractivity (Wildman–Crippen MR) is 118 cm³/mol. The second kappa shape index (κ2) is 9.55. The number of hydrogen-bond donors (Lipinski definition) is 0. The van der Waals surface area contributed by atoms with Crippen LogP contribution in [-0.2, 0) is 11.3 Å². The maximum absolute atomic E-state index is 13.6. The Morgan fingerprint density at radius 2 is 1.62 bits per heavy atom. The van der Waals surface area contributed by atoms with Crippen molar-refractivity contribution in [2.75, 3.05) is 33.2 Å². The molecule has 0 radical (unpaired) electrons. The molecule has 154 valence electrons. The summed E-state index contributed by atoms with van der Waals surface area (Å²) in [5.74, 6) is 0.270. The lowest BCUT2D eigenvalue weighted by Gasteiger charge is -2.35. The molecule has 4 heteroatoms. The van der Waals surface area contributed by atoms with Gasteiger partial charge in [0, 0.05) is 20.1 Å². The Bertz CT molecular complexity index is 773. The Morgan fingerprint density at radius 1 is 0.966 bits per heavy atom. The van der Waals surface area contributed by atoms with Crippen molar-refractivity contribution in [2.45, 2.75) is 44.3 Å². The topological polar surface area (TPSA) is 26.8 Å². The fourth-order valence-electron chi connectivity index (χ4n) is 4.84. The third-order valence-electron chi connectivity index (χ3n) is 6.51. The van der Waals surface area contributed by atoms with Gasteiger partial charge in [0.2, 0.25) is 5.91 Å². The van der Waals surface area contributed by atoms with Gasteiger partial charge in [-0.25, -0.2) is 0 Å². The van der Waals surface area contributed by atoms with E-state index in [2.05, 4.69) is 64.4 Å². The summed E-state index contributed by atoms with van der Waals surface area (Å²) in [5.41, 5.74) is 2.52. The van der Waals surface area contributed by atoms with E-state index < -0.39 is 0 Å². The molecule has 2 saturated heterocycles. The van der Waals surface area contributed by atoms with Crippen LogP contribution in [0.15, 0.2) is 60.7 Å². The summed E-state index contributed by atoms with van der Waals surface area (Å²) < 4.78 is 0. The van der Waals surface area contributed by atoms with Gasteiger partial charge in [0.05, 0.1) is 12.1 Å². The van der Waals surface area contributed by atoms with Crippen LogP contribution < -0.4 is 0 Å². The maximum atomic E-state index is 13.6. The highest BCUT2D eigenvalue weighted by molar-refractivity contribution is 5.82. The molecule has 0 spiro atoms. The minimum absolute atomic E-state index is 0.00926. The molecule has 2 fully saturated rings. The highest BCUT2D eigenvalue weighted by Gasteiger charge is 2.35. The third kappa shape index (κ3) is 4.88. The summed E-state index contributed by atoms with van der Waals surface area (Å²) in [6, 6.07) is 21.2. The second-order valence-electron chi connectivity index (χ2n) is 8.50. The van der Waals surface area contributed by atoms with E-state index >= 15 is 0 Å². The Hall–Kier alpha value is -2.17. The Balaban J connectivity index is 1.49. The first-order chi connectivity index (χ1) is 14.2. The molecular formula is C25H33N3O. The van der Waals surface area contributed by atoms with Crippen molar-refractivity contribution in [2.24, 2.45) is 0 Å². The van der Waals surface area contributed by atoms with E-state index in [1.807, 2.05) is 18.0 Å². The molecular weight excluding hydrogens is 358 g/mol. The van der Waals surface area contributed by atoms with Crippen LogP contribution in [-0.4, -0.2) is 59.9 Å². The smallest absolute Gasteiger partial charge is 0.240 e. The molecule has 0 bridgehead atoms. The number of rotatable bonds is 7. The van der Waals surface area contributed by atoms with E-state index in [4.69, 9.17) is 0 Å². The predicted octanol–water partition coefficient (Wildman–Crippen LogP) is 3.95. The molecule has 4 nitrogen and oxygen atoms in total. The molecule has 0 aromatic heterocycles. The fourth-order valence-corrected chi connectivity index (χ4v) is 4.84. The van der Waals surface area contributed by atoms with Crippen molar-refractivity contribution >= 4 is 5.91 Å². The largest absolute Gasteiger partial charge is 0.336 e. The van der Waals surface area contributed by atoms with Gasteiger partial charge in [-0.2, -0.15) is 0 Å². The van der Waals surface area contributed by atoms with Crippen LogP contribution in [0.5, 0.6) is 0 Å². The van der Waals surface area contributed by atoms with Crippen LogP contribution in [0, 0.1) is 0 Å². The first-order valence-electron chi connectivity index (χ1n) is 11.0. The number of carbonyl (C=O) groups is 1. The van der Waals surface area contributed by atoms with Crippen molar-refractivity contribution < 1.29 is 4.79 Å². The summed E-state index contributed by atoms with van der Waals surface area (Å²) in [7, 11) is 2.01. The van der Waals surface area contributed by atoms with E-state index in [-0.39, 0.29) is 18.0 Å². The van der Waals surface area contributed by atoms with E-state index in [9.17, 15) is 4.79 Å². The maximum Gasteiger partial charge on any atom is 0.240 e. The van der Waals surface area contributed by atoms with Gasteiger partial charge in [0.1, 0.15) is 0 Å². The van der Waals surface area contributed by atoms with Crippen molar-refractivity contribution in [3.8, 4) is 0 Å². The van der Waals surface area contributed by atoms with Crippen LogP contribution in [0.25, 0.3) is 0 Å². The van der Waals surface area contributed by atoms with Crippen LogP contribution in [0.3, 0.4) is 0 Å². The molecule has 1 amide bonds.